The van der Waals surface area contributed by atoms with Crippen LogP contribution in [0, 0.1) is 12.8 Å². The first-order valence-electron chi connectivity index (χ1n) is 5.62. The van der Waals surface area contributed by atoms with Crippen molar-refractivity contribution in [3.63, 3.8) is 0 Å². The van der Waals surface area contributed by atoms with Crippen LogP contribution in [0.3, 0.4) is 0 Å². The van der Waals surface area contributed by atoms with Crippen molar-refractivity contribution in [1.82, 2.24) is 5.32 Å². The number of furan rings is 1. The molecule has 0 aliphatic heterocycles. The summed E-state index contributed by atoms with van der Waals surface area (Å²) in [6.45, 7) is 4.58. The van der Waals surface area contributed by atoms with E-state index in [2.05, 4.69) is 12.2 Å². The minimum Gasteiger partial charge on any atom is -0.469 e. The lowest BCUT2D eigenvalue weighted by molar-refractivity contribution is 0.0942. The zero-order chi connectivity index (χ0) is 12.0. The van der Waals surface area contributed by atoms with Gasteiger partial charge in [-0.2, -0.15) is 0 Å². The number of amides is 1. The van der Waals surface area contributed by atoms with E-state index in [1.807, 2.05) is 0 Å². The third-order valence-electron chi connectivity index (χ3n) is 2.77. The average Bonchev–Trinajstić information content (AvgIpc) is 2.70. The van der Waals surface area contributed by atoms with Gasteiger partial charge in [0, 0.05) is 13.2 Å². The molecule has 90 valence electrons. The van der Waals surface area contributed by atoms with Crippen molar-refractivity contribution in [2.75, 3.05) is 13.2 Å². The van der Waals surface area contributed by atoms with Crippen molar-refractivity contribution in [3.8, 4) is 0 Å². The number of carbonyl (C=O) groups excluding carboxylic acids is 1. The largest absolute Gasteiger partial charge is 0.469 e. The zero-order valence-electron chi connectivity index (χ0n) is 9.82. The Morgan fingerprint density at radius 2 is 2.38 bits per heavy atom. The van der Waals surface area contributed by atoms with Crippen molar-refractivity contribution in [3.05, 3.63) is 23.7 Å². The molecule has 16 heavy (non-hydrogen) atoms. The fraction of sp³-hybridized carbons (Fsp3) is 0.583. The lowest BCUT2D eigenvalue weighted by Crippen LogP contribution is -2.29. The third kappa shape index (κ3) is 3.38. The Bertz CT molecular complexity index is 333. The Hall–Kier alpha value is -1.29. The van der Waals surface area contributed by atoms with E-state index in [1.165, 1.54) is 6.26 Å². The Balaban J connectivity index is 2.43. The number of nitrogens with one attached hydrogen (secondary N) is 1. The summed E-state index contributed by atoms with van der Waals surface area (Å²) in [7, 11) is 0. The van der Waals surface area contributed by atoms with E-state index in [4.69, 9.17) is 9.52 Å². The molecule has 0 radical (unpaired) electrons. The monoisotopic (exact) mass is 225 g/mol. The number of aliphatic hydroxyl groups is 1. The van der Waals surface area contributed by atoms with E-state index in [0.29, 0.717) is 23.8 Å². The Morgan fingerprint density at radius 1 is 1.62 bits per heavy atom. The molecule has 0 saturated carbocycles. The highest BCUT2D eigenvalue weighted by Crippen LogP contribution is 2.10. The number of aryl methyl sites for hydroxylation is 1. The average molecular weight is 225 g/mol. The molecular formula is C12H19NO3. The van der Waals surface area contributed by atoms with Crippen molar-refractivity contribution in [2.45, 2.75) is 26.7 Å². The maximum atomic E-state index is 11.7. The molecule has 1 atom stereocenters. The van der Waals surface area contributed by atoms with Crippen LogP contribution in [0.25, 0.3) is 0 Å². The van der Waals surface area contributed by atoms with Gasteiger partial charge in [0.1, 0.15) is 5.76 Å². The summed E-state index contributed by atoms with van der Waals surface area (Å²) >= 11 is 0. The molecule has 1 aromatic heterocycles. The van der Waals surface area contributed by atoms with Gasteiger partial charge >= 0.3 is 0 Å². The second kappa shape index (κ2) is 6.33. The van der Waals surface area contributed by atoms with Crippen LogP contribution in [-0.2, 0) is 0 Å². The molecule has 1 aromatic rings. The van der Waals surface area contributed by atoms with Gasteiger partial charge in [-0.1, -0.05) is 13.3 Å². The topological polar surface area (TPSA) is 62.5 Å². The fourth-order valence-electron chi connectivity index (χ4n) is 1.59. The molecule has 1 unspecified atom stereocenters. The van der Waals surface area contributed by atoms with Gasteiger partial charge in [0.25, 0.3) is 5.91 Å². The van der Waals surface area contributed by atoms with Gasteiger partial charge in [0.05, 0.1) is 11.8 Å². The Kier molecular flexibility index (Phi) is 5.05. The molecule has 0 aromatic carbocycles. The van der Waals surface area contributed by atoms with Crippen LogP contribution in [0.2, 0.25) is 0 Å². The van der Waals surface area contributed by atoms with Gasteiger partial charge < -0.3 is 14.8 Å². The quantitative estimate of drug-likeness (QED) is 0.775. The van der Waals surface area contributed by atoms with Crippen LogP contribution in [0.15, 0.2) is 16.7 Å². The maximum absolute atomic E-state index is 11.7. The SMILES string of the molecule is CCC(CCO)CNC(=O)c1ccoc1C. The van der Waals surface area contributed by atoms with Crippen LogP contribution in [0.5, 0.6) is 0 Å². The number of hydrogen-bond donors (Lipinski definition) is 2. The van der Waals surface area contributed by atoms with E-state index >= 15 is 0 Å². The minimum atomic E-state index is -0.109. The van der Waals surface area contributed by atoms with E-state index in [-0.39, 0.29) is 12.5 Å². The smallest absolute Gasteiger partial charge is 0.254 e. The van der Waals surface area contributed by atoms with Crippen LogP contribution < -0.4 is 5.32 Å². The van der Waals surface area contributed by atoms with E-state index in [9.17, 15) is 4.79 Å². The first-order valence-corrected chi connectivity index (χ1v) is 5.62. The van der Waals surface area contributed by atoms with Crippen LogP contribution in [0.4, 0.5) is 0 Å². The summed E-state index contributed by atoms with van der Waals surface area (Å²) in [4.78, 5) is 11.7. The van der Waals surface area contributed by atoms with Gasteiger partial charge in [0.2, 0.25) is 0 Å². The van der Waals surface area contributed by atoms with Crippen LogP contribution in [-0.4, -0.2) is 24.2 Å². The summed E-state index contributed by atoms with van der Waals surface area (Å²) in [6.07, 6.45) is 3.18. The molecule has 2 N–H and O–H groups in total. The zero-order valence-corrected chi connectivity index (χ0v) is 9.82. The van der Waals surface area contributed by atoms with E-state index in [0.717, 1.165) is 12.8 Å². The number of rotatable bonds is 6. The molecule has 0 spiro atoms. The van der Waals surface area contributed by atoms with Crippen molar-refractivity contribution < 1.29 is 14.3 Å². The highest BCUT2D eigenvalue weighted by Gasteiger charge is 2.13. The first-order chi connectivity index (χ1) is 7.69. The summed E-state index contributed by atoms with van der Waals surface area (Å²) in [5.41, 5.74) is 0.582. The fourth-order valence-corrected chi connectivity index (χ4v) is 1.59. The molecule has 1 amide bonds. The summed E-state index contributed by atoms with van der Waals surface area (Å²) in [5.74, 6) is 0.858. The molecule has 1 rings (SSSR count). The number of hydrogen-bond acceptors (Lipinski definition) is 3. The number of aliphatic hydroxyl groups excluding tert-OH is 1. The molecule has 0 aliphatic rings. The highest BCUT2D eigenvalue weighted by atomic mass is 16.3. The highest BCUT2D eigenvalue weighted by molar-refractivity contribution is 5.94. The van der Waals surface area contributed by atoms with Gasteiger partial charge in [-0.25, -0.2) is 0 Å². The molecule has 0 fully saturated rings. The number of carbonyl (C=O) groups is 1. The Labute approximate surface area is 95.7 Å². The summed E-state index contributed by atoms with van der Waals surface area (Å²) in [6, 6.07) is 1.66. The molecular weight excluding hydrogens is 206 g/mol. The third-order valence-corrected chi connectivity index (χ3v) is 2.77. The van der Waals surface area contributed by atoms with Gasteiger partial charge in [-0.05, 0) is 25.3 Å². The Morgan fingerprint density at radius 3 is 2.88 bits per heavy atom. The van der Waals surface area contributed by atoms with Crippen molar-refractivity contribution >= 4 is 5.91 Å². The maximum Gasteiger partial charge on any atom is 0.254 e. The normalized spacial score (nSPS) is 12.4. The lowest BCUT2D eigenvalue weighted by Gasteiger charge is -2.13. The summed E-state index contributed by atoms with van der Waals surface area (Å²) in [5, 5.41) is 11.7. The minimum absolute atomic E-state index is 0.109. The predicted octanol–water partition coefficient (Wildman–Crippen LogP) is 1.73. The van der Waals surface area contributed by atoms with Crippen molar-refractivity contribution in [1.29, 1.82) is 0 Å². The standard InChI is InChI=1S/C12H19NO3/c1-3-10(4-6-14)8-13-12(15)11-5-7-16-9(11)2/h5,7,10,14H,3-4,6,8H2,1-2H3,(H,13,15). The molecule has 4 heteroatoms. The molecule has 1 heterocycles. The van der Waals surface area contributed by atoms with Gasteiger partial charge in [-0.15, -0.1) is 0 Å². The van der Waals surface area contributed by atoms with Gasteiger partial charge in [-0.3, -0.25) is 4.79 Å². The van der Waals surface area contributed by atoms with E-state index < -0.39 is 0 Å². The summed E-state index contributed by atoms with van der Waals surface area (Å²) < 4.78 is 5.07. The van der Waals surface area contributed by atoms with Gasteiger partial charge in [0.15, 0.2) is 0 Å². The van der Waals surface area contributed by atoms with Crippen molar-refractivity contribution in [2.24, 2.45) is 5.92 Å². The molecule has 0 saturated heterocycles. The van der Waals surface area contributed by atoms with Crippen LogP contribution in [0.1, 0.15) is 35.9 Å². The predicted molar refractivity (Wildman–Crippen MR) is 61.3 cm³/mol. The van der Waals surface area contributed by atoms with E-state index in [1.54, 1.807) is 13.0 Å². The van der Waals surface area contributed by atoms with Crippen LogP contribution >= 0.6 is 0 Å². The second-order valence-electron chi connectivity index (χ2n) is 3.89. The molecule has 0 aliphatic carbocycles. The second-order valence-corrected chi connectivity index (χ2v) is 3.89. The molecule has 0 bridgehead atoms. The lowest BCUT2D eigenvalue weighted by atomic mass is 10.0. The molecule has 4 nitrogen and oxygen atoms in total. The first kappa shape index (κ1) is 12.8.